The zero-order chi connectivity index (χ0) is 20.2. The highest BCUT2D eigenvalue weighted by atomic mass is 16.6. The Labute approximate surface area is 171 Å². The molecule has 5 nitrogen and oxygen atoms in total. The molecule has 1 aliphatic rings. The first-order valence-electron chi connectivity index (χ1n) is 11.0. The molecule has 0 N–H and O–H groups in total. The molecule has 0 aliphatic carbocycles. The van der Waals surface area contributed by atoms with E-state index in [1.54, 1.807) is 0 Å². The number of carbonyl (C=O) groups is 1. The van der Waals surface area contributed by atoms with Crippen molar-refractivity contribution in [1.82, 2.24) is 9.80 Å². The summed E-state index contributed by atoms with van der Waals surface area (Å²) in [6, 6.07) is 8.60. The Morgan fingerprint density at radius 2 is 1.75 bits per heavy atom. The summed E-state index contributed by atoms with van der Waals surface area (Å²) in [4.78, 5) is 16.0. The molecule has 0 saturated carbocycles. The third-order valence-corrected chi connectivity index (χ3v) is 5.46. The van der Waals surface area contributed by atoms with E-state index in [2.05, 4.69) is 43.0 Å². The second-order valence-electron chi connectivity index (χ2n) is 7.70. The SMILES string of the molecule is CCC[C@H](C)c1ccc(OCCCCCN2CCN(C(=O)OCC)CC2)cc1. The number of nitrogens with zero attached hydrogens (tertiary/aromatic N) is 2. The monoisotopic (exact) mass is 390 g/mol. The fraction of sp³-hybridized carbons (Fsp3) is 0.696. The normalized spacial score (nSPS) is 16.0. The van der Waals surface area contributed by atoms with Gasteiger partial charge in [0.05, 0.1) is 13.2 Å². The fourth-order valence-corrected chi connectivity index (χ4v) is 3.67. The van der Waals surface area contributed by atoms with Crippen LogP contribution >= 0.6 is 0 Å². The van der Waals surface area contributed by atoms with Crippen LogP contribution in [0.1, 0.15) is 64.4 Å². The Balaban J connectivity index is 1.52. The Kier molecular flexibility index (Phi) is 10.2. The van der Waals surface area contributed by atoms with E-state index >= 15 is 0 Å². The van der Waals surface area contributed by atoms with E-state index in [9.17, 15) is 4.79 Å². The van der Waals surface area contributed by atoms with Gasteiger partial charge >= 0.3 is 6.09 Å². The lowest BCUT2D eigenvalue weighted by atomic mass is 9.97. The zero-order valence-electron chi connectivity index (χ0n) is 18.0. The second-order valence-corrected chi connectivity index (χ2v) is 7.70. The molecular weight excluding hydrogens is 352 g/mol. The van der Waals surface area contributed by atoms with Gasteiger partial charge in [-0.2, -0.15) is 0 Å². The predicted molar refractivity (Wildman–Crippen MR) is 114 cm³/mol. The average Bonchev–Trinajstić information content (AvgIpc) is 2.72. The van der Waals surface area contributed by atoms with Crippen molar-refractivity contribution in [3.63, 3.8) is 0 Å². The Hall–Kier alpha value is -1.75. The van der Waals surface area contributed by atoms with Crippen LogP contribution in [-0.4, -0.2) is 61.8 Å². The van der Waals surface area contributed by atoms with Crippen LogP contribution in [0.5, 0.6) is 5.75 Å². The Morgan fingerprint density at radius 3 is 2.39 bits per heavy atom. The van der Waals surface area contributed by atoms with Gasteiger partial charge in [-0.15, -0.1) is 0 Å². The van der Waals surface area contributed by atoms with Crippen molar-refractivity contribution in [2.75, 3.05) is 45.9 Å². The summed E-state index contributed by atoms with van der Waals surface area (Å²) < 4.78 is 10.9. The van der Waals surface area contributed by atoms with E-state index in [0.29, 0.717) is 12.5 Å². The zero-order valence-corrected chi connectivity index (χ0v) is 18.0. The summed E-state index contributed by atoms with van der Waals surface area (Å²) in [7, 11) is 0. The number of rotatable bonds is 11. The van der Waals surface area contributed by atoms with Crippen molar-refractivity contribution in [3.05, 3.63) is 29.8 Å². The highest BCUT2D eigenvalue weighted by Crippen LogP contribution is 2.23. The smallest absolute Gasteiger partial charge is 0.409 e. The van der Waals surface area contributed by atoms with E-state index in [0.717, 1.165) is 51.5 Å². The van der Waals surface area contributed by atoms with Crippen molar-refractivity contribution < 1.29 is 14.3 Å². The third kappa shape index (κ3) is 7.70. The van der Waals surface area contributed by atoms with Gasteiger partial charge in [-0.05, 0) is 62.8 Å². The minimum atomic E-state index is -0.174. The summed E-state index contributed by atoms with van der Waals surface area (Å²) in [5, 5.41) is 0. The van der Waals surface area contributed by atoms with Crippen molar-refractivity contribution in [2.24, 2.45) is 0 Å². The van der Waals surface area contributed by atoms with Crippen LogP contribution < -0.4 is 4.74 Å². The van der Waals surface area contributed by atoms with Gasteiger partial charge in [-0.25, -0.2) is 4.79 Å². The molecule has 0 unspecified atom stereocenters. The number of unbranched alkanes of at least 4 members (excludes halogenated alkanes) is 2. The number of piperazine rings is 1. The summed E-state index contributed by atoms with van der Waals surface area (Å²) in [6.07, 6.45) is 5.71. The van der Waals surface area contributed by atoms with E-state index < -0.39 is 0 Å². The number of carbonyl (C=O) groups excluding carboxylic acids is 1. The molecule has 5 heteroatoms. The van der Waals surface area contributed by atoms with Gasteiger partial charge in [0.25, 0.3) is 0 Å². The van der Waals surface area contributed by atoms with Crippen LogP contribution in [0.3, 0.4) is 0 Å². The fourth-order valence-electron chi connectivity index (χ4n) is 3.67. The van der Waals surface area contributed by atoms with Crippen molar-refractivity contribution in [2.45, 2.75) is 58.8 Å². The molecule has 1 amide bonds. The number of ether oxygens (including phenoxy) is 2. The summed E-state index contributed by atoms with van der Waals surface area (Å²) in [5.74, 6) is 1.60. The first kappa shape index (κ1) is 22.5. The molecule has 0 spiro atoms. The number of hydrogen-bond acceptors (Lipinski definition) is 4. The molecule has 1 atom stereocenters. The van der Waals surface area contributed by atoms with Crippen LogP contribution in [0.2, 0.25) is 0 Å². The van der Waals surface area contributed by atoms with Crippen molar-refractivity contribution in [3.8, 4) is 5.75 Å². The molecule has 1 saturated heterocycles. The van der Waals surface area contributed by atoms with E-state index in [1.165, 1.54) is 31.2 Å². The standard InChI is InChI=1S/C23H38N2O3/c1-4-9-20(3)21-10-12-22(13-11-21)28-19-8-6-7-14-24-15-17-25(18-16-24)23(26)27-5-2/h10-13,20H,4-9,14-19H2,1-3H3/t20-/m0/s1. The molecule has 158 valence electrons. The lowest BCUT2D eigenvalue weighted by Gasteiger charge is -2.34. The van der Waals surface area contributed by atoms with Crippen LogP contribution in [-0.2, 0) is 4.74 Å². The highest BCUT2D eigenvalue weighted by Gasteiger charge is 2.21. The maximum atomic E-state index is 11.7. The molecule has 2 rings (SSSR count). The predicted octanol–water partition coefficient (Wildman–Crippen LogP) is 4.91. The van der Waals surface area contributed by atoms with Crippen LogP contribution in [0.4, 0.5) is 4.79 Å². The molecule has 0 aromatic heterocycles. The minimum Gasteiger partial charge on any atom is -0.494 e. The third-order valence-electron chi connectivity index (χ3n) is 5.46. The lowest BCUT2D eigenvalue weighted by Crippen LogP contribution is -2.49. The molecule has 1 heterocycles. The molecule has 1 fully saturated rings. The number of amides is 1. The summed E-state index contributed by atoms with van der Waals surface area (Å²) in [6.45, 7) is 12.1. The largest absolute Gasteiger partial charge is 0.494 e. The first-order chi connectivity index (χ1) is 13.6. The molecular formula is C23H38N2O3. The number of hydrogen-bond donors (Lipinski definition) is 0. The number of benzene rings is 1. The van der Waals surface area contributed by atoms with Gasteiger partial charge in [0.2, 0.25) is 0 Å². The van der Waals surface area contributed by atoms with Gasteiger partial charge in [0.1, 0.15) is 5.75 Å². The van der Waals surface area contributed by atoms with Crippen LogP contribution in [0, 0.1) is 0 Å². The maximum Gasteiger partial charge on any atom is 0.409 e. The molecule has 0 radical (unpaired) electrons. The lowest BCUT2D eigenvalue weighted by molar-refractivity contribution is 0.0791. The van der Waals surface area contributed by atoms with Crippen LogP contribution in [0.25, 0.3) is 0 Å². The quantitative estimate of drug-likeness (QED) is 0.503. The highest BCUT2D eigenvalue weighted by molar-refractivity contribution is 5.67. The van der Waals surface area contributed by atoms with E-state index in [4.69, 9.17) is 9.47 Å². The molecule has 0 bridgehead atoms. The van der Waals surface area contributed by atoms with Gasteiger partial charge < -0.3 is 14.4 Å². The molecule has 1 aromatic rings. The van der Waals surface area contributed by atoms with E-state index in [1.807, 2.05) is 11.8 Å². The second kappa shape index (κ2) is 12.7. The van der Waals surface area contributed by atoms with Crippen molar-refractivity contribution >= 4 is 6.09 Å². The Bertz CT molecular complexity index is 553. The van der Waals surface area contributed by atoms with Crippen molar-refractivity contribution in [1.29, 1.82) is 0 Å². The minimum absolute atomic E-state index is 0.174. The molecule has 1 aromatic carbocycles. The van der Waals surface area contributed by atoms with Gasteiger partial charge in [-0.3, -0.25) is 4.90 Å². The summed E-state index contributed by atoms with van der Waals surface area (Å²) in [5.41, 5.74) is 1.40. The Morgan fingerprint density at radius 1 is 1.04 bits per heavy atom. The topological polar surface area (TPSA) is 42.0 Å². The molecule has 28 heavy (non-hydrogen) atoms. The summed E-state index contributed by atoms with van der Waals surface area (Å²) >= 11 is 0. The van der Waals surface area contributed by atoms with Gasteiger partial charge in [0.15, 0.2) is 0 Å². The van der Waals surface area contributed by atoms with E-state index in [-0.39, 0.29) is 6.09 Å². The molecule has 1 aliphatic heterocycles. The van der Waals surface area contributed by atoms with Gasteiger partial charge in [-0.1, -0.05) is 32.4 Å². The van der Waals surface area contributed by atoms with Crippen LogP contribution in [0.15, 0.2) is 24.3 Å². The first-order valence-corrected chi connectivity index (χ1v) is 11.0. The van der Waals surface area contributed by atoms with Gasteiger partial charge in [0, 0.05) is 26.2 Å². The maximum absolute atomic E-state index is 11.7. The average molecular weight is 391 g/mol.